The summed E-state index contributed by atoms with van der Waals surface area (Å²) in [5, 5.41) is 14.0. The lowest BCUT2D eigenvalue weighted by Gasteiger charge is -2.44. The molecule has 0 spiro atoms. The lowest BCUT2D eigenvalue weighted by atomic mass is 9.77. The van der Waals surface area contributed by atoms with Gasteiger partial charge in [-0.05, 0) is 35.9 Å². The molecule has 2 amide bonds. The summed E-state index contributed by atoms with van der Waals surface area (Å²) < 4.78 is 54.1. The van der Waals surface area contributed by atoms with E-state index < -0.39 is 41.5 Å². The van der Waals surface area contributed by atoms with Crippen LogP contribution in [0, 0.1) is 11.7 Å². The fraction of sp³-hybridized carbons (Fsp3) is 0.235. The quantitative estimate of drug-likeness (QED) is 0.561. The van der Waals surface area contributed by atoms with Gasteiger partial charge in [-0.2, -0.15) is 13.2 Å². The van der Waals surface area contributed by atoms with Gasteiger partial charge in [0, 0.05) is 18.0 Å². The first-order valence-corrected chi connectivity index (χ1v) is 7.71. The van der Waals surface area contributed by atoms with Gasteiger partial charge in [0.25, 0.3) is 0 Å². The molecule has 6 nitrogen and oxygen atoms in total. The Hall–Kier alpha value is -3.01. The lowest BCUT2D eigenvalue weighted by molar-refractivity contribution is -0.287. The van der Waals surface area contributed by atoms with E-state index in [2.05, 4.69) is 10.3 Å². The van der Waals surface area contributed by atoms with Crippen molar-refractivity contribution in [2.45, 2.75) is 17.9 Å². The minimum absolute atomic E-state index is 0.0930. The van der Waals surface area contributed by atoms with E-state index in [0.29, 0.717) is 0 Å². The van der Waals surface area contributed by atoms with Gasteiger partial charge < -0.3 is 15.7 Å². The van der Waals surface area contributed by atoms with Crippen LogP contribution in [0.2, 0.25) is 0 Å². The predicted molar refractivity (Wildman–Crippen MR) is 83.9 cm³/mol. The third-order valence-electron chi connectivity index (χ3n) is 4.26. The number of nitrogens with one attached hydrogen (secondary N) is 2. The van der Waals surface area contributed by atoms with Gasteiger partial charge in [0.05, 0.1) is 6.04 Å². The van der Waals surface area contributed by atoms with Crippen molar-refractivity contribution in [3.05, 3.63) is 65.7 Å². The molecule has 3 N–H and O–H groups in total. The predicted octanol–water partition coefficient (Wildman–Crippen LogP) is 2.32. The van der Waals surface area contributed by atoms with Crippen molar-refractivity contribution >= 4 is 11.8 Å². The molecular weight excluding hydrogens is 370 g/mol. The number of aromatic nitrogens is 1. The van der Waals surface area contributed by atoms with Gasteiger partial charge >= 0.3 is 12.2 Å². The Labute approximate surface area is 150 Å². The van der Waals surface area contributed by atoms with E-state index in [9.17, 15) is 32.3 Å². The van der Waals surface area contributed by atoms with Crippen LogP contribution >= 0.6 is 0 Å². The van der Waals surface area contributed by atoms with Gasteiger partial charge in [0.15, 0.2) is 5.78 Å². The summed E-state index contributed by atoms with van der Waals surface area (Å²) >= 11 is 0. The summed E-state index contributed by atoms with van der Waals surface area (Å²) in [7, 11) is 0. The van der Waals surface area contributed by atoms with Crippen LogP contribution in [-0.2, 0) is 0 Å². The molecule has 0 bridgehead atoms. The second kappa shape index (κ2) is 6.62. The summed E-state index contributed by atoms with van der Waals surface area (Å²) in [6.45, 7) is 0. The number of halogens is 4. The molecule has 142 valence electrons. The minimum Gasteiger partial charge on any atom is -0.363 e. The number of nitrogens with zero attached hydrogens (tertiary/aromatic N) is 1. The summed E-state index contributed by atoms with van der Waals surface area (Å²) in [5.41, 5.74) is -3.99. The molecule has 0 saturated carbocycles. The van der Waals surface area contributed by atoms with Crippen molar-refractivity contribution in [3.63, 3.8) is 0 Å². The normalized spacial score (nSPS) is 25.4. The van der Waals surface area contributed by atoms with Crippen LogP contribution in [0.15, 0.2) is 48.8 Å². The molecule has 10 heteroatoms. The van der Waals surface area contributed by atoms with E-state index in [1.807, 2.05) is 0 Å². The molecule has 0 radical (unpaired) electrons. The first kappa shape index (κ1) is 18.8. The molecule has 1 aromatic heterocycles. The Kier molecular flexibility index (Phi) is 4.60. The Morgan fingerprint density at radius 2 is 1.85 bits per heavy atom. The maximum absolute atomic E-state index is 13.7. The lowest BCUT2D eigenvalue weighted by Crippen LogP contribution is -2.72. The van der Waals surface area contributed by atoms with Gasteiger partial charge in [-0.15, -0.1) is 0 Å². The van der Waals surface area contributed by atoms with Crippen molar-refractivity contribution in [3.8, 4) is 0 Å². The molecular formula is C17H13F4N3O3. The number of ketones is 1. The number of Topliss-reactive ketones (excluding diaryl/α,β-unsaturated/α-hetero) is 1. The number of amides is 2. The van der Waals surface area contributed by atoms with Crippen molar-refractivity contribution in [2.75, 3.05) is 0 Å². The van der Waals surface area contributed by atoms with Crippen LogP contribution in [0.5, 0.6) is 0 Å². The third kappa shape index (κ3) is 3.35. The molecule has 2 heterocycles. The van der Waals surface area contributed by atoms with E-state index in [0.717, 1.165) is 24.3 Å². The van der Waals surface area contributed by atoms with Gasteiger partial charge in [-0.1, -0.05) is 6.07 Å². The highest BCUT2D eigenvalue weighted by atomic mass is 19.4. The van der Waals surface area contributed by atoms with Crippen molar-refractivity contribution < 1.29 is 32.3 Å². The molecule has 0 unspecified atom stereocenters. The van der Waals surface area contributed by atoms with Crippen LogP contribution in [0.4, 0.5) is 22.4 Å². The van der Waals surface area contributed by atoms with Gasteiger partial charge in [-0.25, -0.2) is 9.18 Å². The van der Waals surface area contributed by atoms with Crippen molar-refractivity contribution in [1.29, 1.82) is 0 Å². The average Bonchev–Trinajstić information content (AvgIpc) is 2.61. The van der Waals surface area contributed by atoms with Gasteiger partial charge in [0.2, 0.25) is 5.72 Å². The fourth-order valence-corrected chi connectivity index (χ4v) is 2.97. The molecule has 3 atom stereocenters. The number of benzene rings is 1. The highest BCUT2D eigenvalue weighted by Crippen LogP contribution is 2.43. The maximum atomic E-state index is 13.7. The second-order valence-electron chi connectivity index (χ2n) is 5.98. The van der Waals surface area contributed by atoms with E-state index >= 15 is 0 Å². The molecule has 1 aromatic carbocycles. The molecule has 1 saturated heterocycles. The third-order valence-corrected chi connectivity index (χ3v) is 4.26. The first-order chi connectivity index (χ1) is 12.6. The number of pyridine rings is 1. The SMILES string of the molecule is O=C1N[C@@H](c2cccnc2)[C@@H](C(=O)c2ccc(F)cc2)[C@@](O)(C(F)(F)F)N1. The zero-order valence-corrected chi connectivity index (χ0v) is 13.5. The van der Waals surface area contributed by atoms with E-state index in [1.165, 1.54) is 29.8 Å². The summed E-state index contributed by atoms with van der Waals surface area (Å²) in [5.74, 6) is -3.99. The number of carbonyl (C=O) groups excluding carboxylic acids is 2. The molecule has 1 aliphatic heterocycles. The van der Waals surface area contributed by atoms with Crippen LogP contribution in [0.25, 0.3) is 0 Å². The summed E-state index contributed by atoms with van der Waals surface area (Å²) in [4.78, 5) is 28.4. The molecule has 2 aromatic rings. The van der Waals surface area contributed by atoms with Crippen LogP contribution in [-0.4, -0.2) is 33.8 Å². The number of hydrogen-bond donors (Lipinski definition) is 3. The number of urea groups is 1. The molecule has 1 fully saturated rings. The van der Waals surface area contributed by atoms with Crippen LogP contribution < -0.4 is 10.6 Å². The van der Waals surface area contributed by atoms with E-state index in [-0.39, 0.29) is 11.1 Å². The number of aliphatic hydroxyl groups is 1. The van der Waals surface area contributed by atoms with Gasteiger partial charge in [-0.3, -0.25) is 9.78 Å². The Morgan fingerprint density at radius 1 is 1.19 bits per heavy atom. The Bertz CT molecular complexity index is 858. The number of alkyl halides is 3. The Morgan fingerprint density at radius 3 is 2.41 bits per heavy atom. The molecule has 27 heavy (non-hydrogen) atoms. The Balaban J connectivity index is 2.15. The standard InChI is InChI=1S/C17H13F4N3O3/c18-11-5-3-9(4-6-11)14(25)12-13(10-2-1-7-22-8-10)23-15(26)24-16(12,27)17(19,20)21/h1-8,12-13,27H,(H2,23,24,26)/t12-,13-,16+/m0/s1. The average molecular weight is 383 g/mol. The van der Waals surface area contributed by atoms with Crippen LogP contribution in [0.1, 0.15) is 22.0 Å². The zero-order chi connectivity index (χ0) is 19.8. The van der Waals surface area contributed by atoms with Gasteiger partial charge in [0.1, 0.15) is 11.7 Å². The fourth-order valence-electron chi connectivity index (χ4n) is 2.97. The maximum Gasteiger partial charge on any atom is 0.437 e. The van der Waals surface area contributed by atoms with E-state index in [1.54, 1.807) is 0 Å². The number of hydrogen-bond acceptors (Lipinski definition) is 4. The highest BCUT2D eigenvalue weighted by Gasteiger charge is 2.66. The van der Waals surface area contributed by atoms with E-state index in [4.69, 9.17) is 0 Å². The minimum atomic E-state index is -5.36. The summed E-state index contributed by atoms with van der Waals surface area (Å²) in [6.07, 6.45) is -2.82. The molecule has 3 rings (SSSR count). The topological polar surface area (TPSA) is 91.3 Å². The zero-order valence-electron chi connectivity index (χ0n) is 13.5. The van der Waals surface area contributed by atoms with Crippen molar-refractivity contribution in [2.24, 2.45) is 5.92 Å². The van der Waals surface area contributed by atoms with Crippen molar-refractivity contribution in [1.82, 2.24) is 15.6 Å². The molecule has 0 aliphatic carbocycles. The molecule has 1 aliphatic rings. The number of rotatable bonds is 3. The van der Waals surface area contributed by atoms with Crippen LogP contribution in [0.3, 0.4) is 0 Å². The summed E-state index contributed by atoms with van der Waals surface area (Å²) in [6, 6.07) is 3.79. The largest absolute Gasteiger partial charge is 0.437 e. The smallest absolute Gasteiger partial charge is 0.363 e. The first-order valence-electron chi connectivity index (χ1n) is 7.71. The highest BCUT2D eigenvalue weighted by molar-refractivity contribution is 6.00. The number of carbonyl (C=O) groups is 2. The second-order valence-corrected chi connectivity index (χ2v) is 5.98. The monoisotopic (exact) mass is 383 g/mol.